The first-order valence-corrected chi connectivity index (χ1v) is 10.9. The minimum absolute atomic E-state index is 0.137. The number of benzene rings is 2. The molecule has 0 saturated heterocycles. The molecule has 0 N–H and O–H groups in total. The first kappa shape index (κ1) is 22.0. The maximum absolute atomic E-state index is 14.1. The third kappa shape index (κ3) is 4.89. The molecule has 0 saturated carbocycles. The molecule has 0 spiro atoms. The number of hydrogen-bond acceptors (Lipinski definition) is 2. The molecule has 0 bridgehead atoms. The number of amides is 1. The normalized spacial score (nSPS) is 11.4. The smallest absolute Gasteiger partial charge is 0.254 e. The molecule has 5 heteroatoms. The third-order valence-corrected chi connectivity index (χ3v) is 5.56. The van der Waals surface area contributed by atoms with E-state index in [4.69, 9.17) is 4.98 Å². The standard InChI is InChI=1S/C25H32FN3O/c1-5-6-15-29-23-13-8-7-12-22(23)27-24(29)17-28(16-14-18(2)3)25(30)20-10-9-11-21(26)19(20)4/h7-13,18H,5-6,14-17H2,1-4H3. The predicted octanol–water partition coefficient (Wildman–Crippen LogP) is 5.97. The lowest BCUT2D eigenvalue weighted by atomic mass is 10.1. The Hall–Kier alpha value is -2.69. The third-order valence-electron chi connectivity index (χ3n) is 5.56. The summed E-state index contributed by atoms with van der Waals surface area (Å²) in [4.78, 5) is 20.1. The molecular weight excluding hydrogens is 377 g/mol. The quantitative estimate of drug-likeness (QED) is 0.436. The number of carbonyl (C=O) groups is 1. The summed E-state index contributed by atoms with van der Waals surface area (Å²) in [6, 6.07) is 12.8. The lowest BCUT2D eigenvalue weighted by Gasteiger charge is -2.25. The highest BCUT2D eigenvalue weighted by molar-refractivity contribution is 5.95. The van der Waals surface area contributed by atoms with Crippen LogP contribution in [0.4, 0.5) is 4.39 Å². The molecule has 3 aromatic rings. The number of imidazole rings is 1. The molecule has 30 heavy (non-hydrogen) atoms. The summed E-state index contributed by atoms with van der Waals surface area (Å²) < 4.78 is 16.3. The van der Waals surface area contributed by atoms with Crippen LogP contribution in [0, 0.1) is 18.7 Å². The molecule has 0 unspecified atom stereocenters. The van der Waals surface area contributed by atoms with E-state index in [1.165, 1.54) is 6.07 Å². The zero-order chi connectivity index (χ0) is 21.7. The number of aryl methyl sites for hydroxylation is 1. The Labute approximate surface area is 178 Å². The van der Waals surface area contributed by atoms with Crippen LogP contribution in [-0.4, -0.2) is 26.9 Å². The number of halogens is 1. The molecule has 0 fully saturated rings. The van der Waals surface area contributed by atoms with Gasteiger partial charge < -0.3 is 9.47 Å². The lowest BCUT2D eigenvalue weighted by molar-refractivity contribution is 0.0728. The van der Waals surface area contributed by atoms with Crippen molar-refractivity contribution in [3.63, 3.8) is 0 Å². The van der Waals surface area contributed by atoms with Crippen LogP contribution < -0.4 is 0 Å². The molecule has 1 aromatic heterocycles. The van der Waals surface area contributed by atoms with Gasteiger partial charge >= 0.3 is 0 Å². The Morgan fingerprint density at radius 2 is 1.93 bits per heavy atom. The van der Waals surface area contributed by atoms with Crippen molar-refractivity contribution in [2.75, 3.05) is 6.54 Å². The van der Waals surface area contributed by atoms with Crippen LogP contribution in [0.25, 0.3) is 11.0 Å². The SMILES string of the molecule is CCCCn1c(CN(CCC(C)C)C(=O)c2cccc(F)c2C)nc2ccccc21. The van der Waals surface area contributed by atoms with E-state index < -0.39 is 0 Å². The number of rotatable bonds is 9. The molecule has 3 rings (SSSR count). The van der Waals surface area contributed by atoms with Gasteiger partial charge in [0, 0.05) is 18.7 Å². The Kier molecular flexibility index (Phi) is 7.24. The van der Waals surface area contributed by atoms with Gasteiger partial charge in [-0.25, -0.2) is 9.37 Å². The minimum Gasteiger partial charge on any atom is -0.331 e. The van der Waals surface area contributed by atoms with Crippen LogP contribution >= 0.6 is 0 Å². The fraction of sp³-hybridized carbons (Fsp3) is 0.440. The first-order chi connectivity index (χ1) is 14.4. The molecule has 4 nitrogen and oxygen atoms in total. The van der Waals surface area contributed by atoms with Gasteiger partial charge in [0.25, 0.3) is 5.91 Å². The zero-order valence-electron chi connectivity index (χ0n) is 18.5. The fourth-order valence-corrected chi connectivity index (χ4v) is 3.66. The van der Waals surface area contributed by atoms with E-state index in [9.17, 15) is 9.18 Å². The predicted molar refractivity (Wildman–Crippen MR) is 120 cm³/mol. The molecule has 1 heterocycles. The highest BCUT2D eigenvalue weighted by atomic mass is 19.1. The van der Waals surface area contributed by atoms with Crippen molar-refractivity contribution >= 4 is 16.9 Å². The molecule has 2 aromatic carbocycles. The van der Waals surface area contributed by atoms with Gasteiger partial charge in [-0.05, 0) is 55.5 Å². The van der Waals surface area contributed by atoms with Crippen molar-refractivity contribution in [3.8, 4) is 0 Å². The number of unbranched alkanes of at least 4 members (excludes halogenated alkanes) is 1. The van der Waals surface area contributed by atoms with Crippen LogP contribution in [0.15, 0.2) is 42.5 Å². The van der Waals surface area contributed by atoms with E-state index in [2.05, 4.69) is 31.4 Å². The zero-order valence-corrected chi connectivity index (χ0v) is 18.5. The molecule has 0 aliphatic rings. The van der Waals surface area contributed by atoms with Crippen molar-refractivity contribution in [2.24, 2.45) is 5.92 Å². The van der Waals surface area contributed by atoms with E-state index in [0.717, 1.165) is 42.7 Å². The highest BCUT2D eigenvalue weighted by Crippen LogP contribution is 2.21. The van der Waals surface area contributed by atoms with Crippen molar-refractivity contribution in [2.45, 2.75) is 60.0 Å². The number of fused-ring (bicyclic) bond motifs is 1. The average molecular weight is 410 g/mol. The van der Waals surface area contributed by atoms with Gasteiger partial charge in [0.1, 0.15) is 11.6 Å². The highest BCUT2D eigenvalue weighted by Gasteiger charge is 2.22. The monoisotopic (exact) mass is 409 g/mol. The molecule has 0 aliphatic heterocycles. The van der Waals surface area contributed by atoms with Crippen LogP contribution in [0.5, 0.6) is 0 Å². The van der Waals surface area contributed by atoms with Gasteiger partial charge in [-0.2, -0.15) is 0 Å². The van der Waals surface area contributed by atoms with Crippen LogP contribution in [0.1, 0.15) is 61.8 Å². The second-order valence-electron chi connectivity index (χ2n) is 8.34. The maximum atomic E-state index is 14.1. The van der Waals surface area contributed by atoms with Gasteiger partial charge in [-0.1, -0.05) is 45.4 Å². The Bertz CT molecular complexity index is 1010. The topological polar surface area (TPSA) is 38.1 Å². The second-order valence-corrected chi connectivity index (χ2v) is 8.34. The summed E-state index contributed by atoms with van der Waals surface area (Å²) in [5.74, 6) is 0.866. The van der Waals surface area contributed by atoms with Crippen LogP contribution in [0.3, 0.4) is 0 Å². The number of carbonyl (C=O) groups excluding carboxylic acids is 1. The minimum atomic E-state index is -0.347. The van der Waals surface area contributed by atoms with Crippen LogP contribution in [0.2, 0.25) is 0 Å². The Balaban J connectivity index is 1.97. The largest absolute Gasteiger partial charge is 0.331 e. The van der Waals surface area contributed by atoms with Gasteiger partial charge in [-0.3, -0.25) is 4.79 Å². The average Bonchev–Trinajstić information content (AvgIpc) is 3.08. The number of para-hydroxylation sites is 2. The fourth-order valence-electron chi connectivity index (χ4n) is 3.66. The van der Waals surface area contributed by atoms with E-state index in [1.807, 2.05) is 23.1 Å². The van der Waals surface area contributed by atoms with E-state index in [-0.39, 0.29) is 11.7 Å². The lowest BCUT2D eigenvalue weighted by Crippen LogP contribution is -2.34. The molecule has 0 aliphatic carbocycles. The first-order valence-electron chi connectivity index (χ1n) is 10.9. The van der Waals surface area contributed by atoms with Crippen molar-refractivity contribution in [1.29, 1.82) is 0 Å². The Morgan fingerprint density at radius 1 is 1.17 bits per heavy atom. The van der Waals surface area contributed by atoms with E-state index >= 15 is 0 Å². The summed E-state index contributed by atoms with van der Waals surface area (Å²) >= 11 is 0. The van der Waals surface area contributed by atoms with Crippen molar-refractivity contribution < 1.29 is 9.18 Å². The summed E-state index contributed by atoms with van der Waals surface area (Å²) in [6.07, 6.45) is 3.02. The van der Waals surface area contributed by atoms with Gasteiger partial charge in [-0.15, -0.1) is 0 Å². The van der Waals surface area contributed by atoms with Gasteiger partial charge in [0.2, 0.25) is 0 Å². The van der Waals surface area contributed by atoms with E-state index in [0.29, 0.717) is 30.1 Å². The summed E-state index contributed by atoms with van der Waals surface area (Å²) in [6.45, 7) is 10.0. The van der Waals surface area contributed by atoms with Gasteiger partial charge in [0.15, 0.2) is 0 Å². The number of nitrogens with zero attached hydrogens (tertiary/aromatic N) is 3. The molecule has 0 radical (unpaired) electrons. The summed E-state index contributed by atoms with van der Waals surface area (Å²) in [5, 5.41) is 0. The van der Waals surface area contributed by atoms with E-state index in [1.54, 1.807) is 19.1 Å². The number of hydrogen-bond donors (Lipinski definition) is 0. The second kappa shape index (κ2) is 9.88. The van der Waals surface area contributed by atoms with Crippen LogP contribution in [-0.2, 0) is 13.1 Å². The van der Waals surface area contributed by atoms with Crippen molar-refractivity contribution in [3.05, 3.63) is 65.2 Å². The summed E-state index contributed by atoms with van der Waals surface area (Å²) in [7, 11) is 0. The van der Waals surface area contributed by atoms with Gasteiger partial charge in [0.05, 0.1) is 17.6 Å². The Morgan fingerprint density at radius 3 is 2.67 bits per heavy atom. The van der Waals surface area contributed by atoms with Crippen molar-refractivity contribution in [1.82, 2.24) is 14.5 Å². The maximum Gasteiger partial charge on any atom is 0.254 e. The molecule has 0 atom stereocenters. The molecular formula is C25H32FN3O. The molecule has 1 amide bonds. The molecule has 160 valence electrons. The summed E-state index contributed by atoms with van der Waals surface area (Å²) in [5.41, 5.74) is 2.87. The number of aromatic nitrogens is 2.